The van der Waals surface area contributed by atoms with Crippen LogP contribution in [0.1, 0.15) is 30.8 Å². The molecule has 11 nitrogen and oxygen atoms in total. The van der Waals surface area contributed by atoms with Gasteiger partial charge >= 0.3 is 6.01 Å². The fourth-order valence-electron chi connectivity index (χ4n) is 8.01. The number of amides is 1. The Morgan fingerprint density at radius 2 is 1.85 bits per heavy atom. The van der Waals surface area contributed by atoms with Crippen molar-refractivity contribution in [3.05, 3.63) is 83.6 Å². The number of alkyl halides is 1. The second kappa shape index (κ2) is 14.7. The first-order valence-electron chi connectivity index (χ1n) is 18.0. The number of rotatable bonds is 5. The van der Waals surface area contributed by atoms with Crippen molar-refractivity contribution in [1.29, 1.82) is 0 Å². The highest BCUT2D eigenvalue weighted by atomic mass is 19.2. The minimum atomic E-state index is -1.12. The third kappa shape index (κ3) is 6.81. The van der Waals surface area contributed by atoms with Crippen molar-refractivity contribution in [3.63, 3.8) is 0 Å². The van der Waals surface area contributed by atoms with E-state index in [-0.39, 0.29) is 77.9 Å². The molecule has 0 N–H and O–H groups in total. The predicted molar refractivity (Wildman–Crippen MR) is 194 cm³/mol. The van der Waals surface area contributed by atoms with Crippen LogP contribution in [0.5, 0.6) is 6.01 Å². The number of nitrogens with zero attached hydrogens (tertiary/aromatic N) is 8. The summed E-state index contributed by atoms with van der Waals surface area (Å²) in [7, 11) is 1.33. The Balaban J connectivity index is 0.000000413. The van der Waals surface area contributed by atoms with E-state index < -0.39 is 40.9 Å². The lowest BCUT2D eigenvalue weighted by Gasteiger charge is -2.55. The first kappa shape index (κ1) is 36.6. The van der Waals surface area contributed by atoms with Crippen molar-refractivity contribution in [3.8, 4) is 17.3 Å². The second-order valence-electron chi connectivity index (χ2n) is 14.2. The largest absolute Gasteiger partial charge is 0.467 e. The zero-order valence-electron chi connectivity index (χ0n) is 30.1. The molecule has 2 aromatic carbocycles. The molecule has 286 valence electrons. The van der Waals surface area contributed by atoms with E-state index in [0.29, 0.717) is 23.8 Å². The summed E-state index contributed by atoms with van der Waals surface area (Å²) in [6.45, 7) is 4.32. The molecule has 4 aliphatic rings. The maximum atomic E-state index is 16.3. The van der Waals surface area contributed by atoms with E-state index in [0.717, 1.165) is 25.1 Å². The molecule has 2 atom stereocenters. The normalized spacial score (nSPS) is 20.7. The Labute approximate surface area is 312 Å². The molecule has 4 saturated heterocycles. The van der Waals surface area contributed by atoms with Crippen molar-refractivity contribution in [2.45, 2.75) is 43.9 Å². The third-order valence-corrected chi connectivity index (χ3v) is 10.7. The van der Waals surface area contributed by atoms with E-state index in [1.54, 1.807) is 19.1 Å². The zero-order valence-corrected chi connectivity index (χ0v) is 30.1. The number of benzene rings is 2. The van der Waals surface area contributed by atoms with Crippen LogP contribution in [0, 0.1) is 24.4 Å². The average molecular weight is 761 g/mol. The van der Waals surface area contributed by atoms with Gasteiger partial charge in [0, 0.05) is 61.6 Å². The molecule has 0 bridgehead atoms. The van der Waals surface area contributed by atoms with Crippen LogP contribution in [0.3, 0.4) is 0 Å². The van der Waals surface area contributed by atoms with E-state index in [4.69, 9.17) is 9.47 Å². The summed E-state index contributed by atoms with van der Waals surface area (Å²) in [5.41, 5.74) is -0.941. The maximum Gasteiger partial charge on any atom is 0.318 e. The SMILES string of the molecule is COc1nc(N2CCN(C(=O)/C(F)=C/c3ccnc(C)n3)C3(COC3)C2)c2cnc(-c3cccc4ccc(F)c(F)c34)c(F)c2n1.F[C@@H]1CC2CCCN2C1. The molecular formula is C39H37F5N8O3. The molecule has 4 aliphatic heterocycles. The second-order valence-corrected chi connectivity index (χ2v) is 14.2. The molecule has 4 fully saturated rings. The van der Waals surface area contributed by atoms with Gasteiger partial charge < -0.3 is 19.3 Å². The van der Waals surface area contributed by atoms with Gasteiger partial charge in [0.2, 0.25) is 0 Å². The standard InChI is InChI=1S/C32H25F4N7O3.C7H12FN/c1-17-37-9-8-19(39-17)12-23(34)30(44)43-11-10-42(14-32(43)15-46-16-32)29-21-13-38-27(26(36)28(21)40-31(41-29)45-2)20-5-3-4-18-6-7-22(33)25(35)24(18)20;8-6-4-7-2-1-3-9(7)5-6/h3-9,12-13H,10-11,14-16H2,1-2H3;6-7H,1-5H2/b23-12-;/t;6-,7?/m.1/s1. The number of fused-ring (bicyclic) bond motifs is 3. The number of anilines is 1. The van der Waals surface area contributed by atoms with Crippen LogP contribution in [-0.2, 0) is 9.53 Å². The summed E-state index contributed by atoms with van der Waals surface area (Å²) in [6.07, 6.45) is 6.73. The van der Waals surface area contributed by atoms with Crippen LogP contribution in [-0.4, -0.2) is 111 Å². The molecule has 1 amide bonds. The highest BCUT2D eigenvalue weighted by molar-refractivity contribution is 6.00. The van der Waals surface area contributed by atoms with Gasteiger partial charge in [0.15, 0.2) is 23.3 Å². The van der Waals surface area contributed by atoms with Crippen molar-refractivity contribution in [1.82, 2.24) is 34.7 Å². The molecule has 3 aromatic heterocycles. The van der Waals surface area contributed by atoms with Crippen LogP contribution in [0.2, 0.25) is 0 Å². The van der Waals surface area contributed by atoms with Gasteiger partial charge in [-0.3, -0.25) is 14.7 Å². The van der Waals surface area contributed by atoms with Gasteiger partial charge in [-0.1, -0.05) is 24.3 Å². The van der Waals surface area contributed by atoms with Crippen molar-refractivity contribution >= 4 is 39.5 Å². The van der Waals surface area contributed by atoms with Crippen LogP contribution >= 0.6 is 0 Å². The molecule has 0 radical (unpaired) electrons. The van der Waals surface area contributed by atoms with Gasteiger partial charge in [-0.05, 0) is 50.2 Å². The van der Waals surface area contributed by atoms with Gasteiger partial charge in [-0.2, -0.15) is 9.97 Å². The number of aryl methyl sites for hydroxylation is 1. The van der Waals surface area contributed by atoms with Crippen molar-refractivity contribution < 1.29 is 36.2 Å². The molecule has 0 aliphatic carbocycles. The van der Waals surface area contributed by atoms with E-state index in [1.165, 1.54) is 55.4 Å². The Hall–Kier alpha value is -5.35. The lowest BCUT2D eigenvalue weighted by atomic mass is 9.91. The van der Waals surface area contributed by atoms with Crippen molar-refractivity contribution in [2.75, 3.05) is 57.9 Å². The number of methoxy groups -OCH3 is 1. The number of carbonyl (C=O) groups excluding carboxylic acids is 1. The lowest BCUT2D eigenvalue weighted by Crippen LogP contribution is -2.73. The molecule has 7 heterocycles. The Morgan fingerprint density at radius 3 is 2.60 bits per heavy atom. The summed E-state index contributed by atoms with van der Waals surface area (Å²) < 4.78 is 84.1. The van der Waals surface area contributed by atoms with Crippen LogP contribution in [0.25, 0.3) is 39.0 Å². The summed E-state index contributed by atoms with van der Waals surface area (Å²) in [5.74, 6) is -4.13. The monoisotopic (exact) mass is 760 g/mol. The number of pyridine rings is 1. The minimum absolute atomic E-state index is 0.0536. The van der Waals surface area contributed by atoms with E-state index in [9.17, 15) is 18.0 Å². The Bertz CT molecular complexity index is 2310. The Morgan fingerprint density at radius 1 is 1.02 bits per heavy atom. The first-order chi connectivity index (χ1) is 26.5. The van der Waals surface area contributed by atoms with Gasteiger partial charge in [0.1, 0.15) is 34.6 Å². The fraction of sp³-hybridized carbons (Fsp3) is 0.385. The van der Waals surface area contributed by atoms with Crippen LogP contribution < -0.4 is 9.64 Å². The van der Waals surface area contributed by atoms with Crippen molar-refractivity contribution in [2.24, 2.45) is 0 Å². The van der Waals surface area contributed by atoms with E-state index >= 15 is 8.78 Å². The number of ether oxygens (including phenoxy) is 2. The molecular weight excluding hydrogens is 723 g/mol. The molecule has 1 unspecified atom stereocenters. The van der Waals surface area contributed by atoms with Gasteiger partial charge in [0.25, 0.3) is 5.91 Å². The lowest BCUT2D eigenvalue weighted by molar-refractivity contribution is -0.167. The molecule has 1 spiro atoms. The molecule has 16 heteroatoms. The highest BCUT2D eigenvalue weighted by Gasteiger charge is 2.51. The topological polar surface area (TPSA) is 110 Å². The quantitative estimate of drug-likeness (QED) is 0.157. The number of piperazine rings is 1. The summed E-state index contributed by atoms with van der Waals surface area (Å²) in [6, 6.07) is 9.03. The number of carbonyl (C=O) groups is 1. The molecule has 5 aromatic rings. The molecule has 9 rings (SSSR count). The van der Waals surface area contributed by atoms with Gasteiger partial charge in [-0.15, -0.1) is 0 Å². The number of hydrogen-bond donors (Lipinski definition) is 0. The Kier molecular flexibility index (Phi) is 9.79. The van der Waals surface area contributed by atoms with Crippen LogP contribution in [0.15, 0.2) is 54.6 Å². The van der Waals surface area contributed by atoms with Crippen LogP contribution in [0.4, 0.5) is 27.8 Å². The highest BCUT2D eigenvalue weighted by Crippen LogP contribution is 2.39. The first-order valence-corrected chi connectivity index (χ1v) is 18.0. The number of hydrogen-bond acceptors (Lipinski definition) is 10. The van der Waals surface area contributed by atoms with Gasteiger partial charge in [0.05, 0.1) is 31.4 Å². The zero-order chi connectivity index (χ0) is 38.4. The summed E-state index contributed by atoms with van der Waals surface area (Å²) in [4.78, 5) is 40.0. The predicted octanol–water partition coefficient (Wildman–Crippen LogP) is 5.99. The summed E-state index contributed by atoms with van der Waals surface area (Å²) in [5, 5.41) is 0.491. The molecule has 55 heavy (non-hydrogen) atoms. The van der Waals surface area contributed by atoms with E-state index in [2.05, 4.69) is 29.8 Å². The third-order valence-electron chi connectivity index (χ3n) is 10.7. The van der Waals surface area contributed by atoms with Gasteiger partial charge in [-0.25, -0.2) is 31.9 Å². The molecule has 0 saturated carbocycles. The van der Waals surface area contributed by atoms with E-state index in [1.807, 2.05) is 4.90 Å². The average Bonchev–Trinajstić information content (AvgIpc) is 3.76. The number of halogens is 5. The number of aromatic nitrogens is 5. The fourth-order valence-corrected chi connectivity index (χ4v) is 8.01. The summed E-state index contributed by atoms with van der Waals surface area (Å²) >= 11 is 0. The smallest absolute Gasteiger partial charge is 0.318 e. The maximum absolute atomic E-state index is 16.3. The minimum Gasteiger partial charge on any atom is -0.467 e.